The van der Waals surface area contributed by atoms with Gasteiger partial charge in [-0.2, -0.15) is 0 Å². The molecule has 4 aromatic rings. The third-order valence-electron chi connectivity index (χ3n) is 6.17. The van der Waals surface area contributed by atoms with E-state index in [0.29, 0.717) is 46.3 Å². The predicted molar refractivity (Wildman–Crippen MR) is 147 cm³/mol. The molecule has 1 aliphatic heterocycles. The third kappa shape index (κ3) is 4.65. The highest BCUT2D eigenvalue weighted by Gasteiger charge is 2.43. The number of fused-ring (bicyclic) bond motifs is 2. The maximum atomic E-state index is 13.8. The monoisotopic (exact) mass is 579 g/mol. The molecule has 3 aromatic carbocycles. The second kappa shape index (κ2) is 10.4. The first-order valence-electron chi connectivity index (χ1n) is 11.7. The lowest BCUT2D eigenvalue weighted by molar-refractivity contribution is 0.0714. The normalized spacial score (nSPS) is 14.6. The lowest BCUT2D eigenvalue weighted by Gasteiger charge is -2.26. The van der Waals surface area contributed by atoms with Crippen LogP contribution in [-0.4, -0.2) is 24.0 Å². The van der Waals surface area contributed by atoms with Gasteiger partial charge >= 0.3 is 0 Å². The lowest BCUT2D eigenvalue weighted by Crippen LogP contribution is -2.29. The molecule has 37 heavy (non-hydrogen) atoms. The summed E-state index contributed by atoms with van der Waals surface area (Å²) in [6.07, 6.45) is 1.65. The lowest BCUT2D eigenvalue weighted by atomic mass is 9.97. The van der Waals surface area contributed by atoms with Crippen LogP contribution in [0.3, 0.4) is 0 Å². The molecule has 0 N–H and O–H groups in total. The van der Waals surface area contributed by atoms with Crippen LogP contribution >= 0.6 is 27.5 Å². The summed E-state index contributed by atoms with van der Waals surface area (Å²) in [5.41, 5.74) is 1.82. The molecular formula is C29H23BrClNO5. The second-order valence-corrected chi connectivity index (χ2v) is 9.80. The van der Waals surface area contributed by atoms with Gasteiger partial charge in [-0.1, -0.05) is 64.5 Å². The van der Waals surface area contributed by atoms with E-state index in [1.807, 2.05) is 31.2 Å². The summed E-state index contributed by atoms with van der Waals surface area (Å²) in [4.78, 5) is 29.2. The highest BCUT2D eigenvalue weighted by Crippen LogP contribution is 2.42. The van der Waals surface area contributed by atoms with E-state index >= 15 is 0 Å². The van der Waals surface area contributed by atoms with E-state index in [9.17, 15) is 9.59 Å². The number of rotatable bonds is 8. The summed E-state index contributed by atoms with van der Waals surface area (Å²) < 4.78 is 18.4. The van der Waals surface area contributed by atoms with Gasteiger partial charge in [0, 0.05) is 16.0 Å². The zero-order valence-corrected chi connectivity index (χ0v) is 22.3. The second-order valence-electron chi connectivity index (χ2n) is 8.48. The van der Waals surface area contributed by atoms with Crippen molar-refractivity contribution in [2.24, 2.45) is 0 Å². The molecule has 0 fully saturated rings. The van der Waals surface area contributed by atoms with E-state index in [2.05, 4.69) is 22.5 Å². The number of amides is 1. The molecule has 188 valence electrons. The Labute approximate surface area is 227 Å². The van der Waals surface area contributed by atoms with Crippen molar-refractivity contribution in [3.8, 4) is 11.5 Å². The van der Waals surface area contributed by atoms with E-state index in [-0.39, 0.29) is 29.2 Å². The van der Waals surface area contributed by atoms with Crippen LogP contribution in [0, 0.1) is 0 Å². The van der Waals surface area contributed by atoms with Crippen LogP contribution in [0.25, 0.3) is 11.0 Å². The zero-order valence-electron chi connectivity index (χ0n) is 20.0. The number of ether oxygens (including phenoxy) is 2. The Balaban J connectivity index is 1.71. The van der Waals surface area contributed by atoms with Gasteiger partial charge in [0.2, 0.25) is 5.76 Å². The Hall–Kier alpha value is -3.55. The summed E-state index contributed by atoms with van der Waals surface area (Å²) in [6, 6.07) is 17.2. The Morgan fingerprint density at radius 2 is 1.89 bits per heavy atom. The zero-order chi connectivity index (χ0) is 26.1. The first-order chi connectivity index (χ1) is 17.9. The van der Waals surface area contributed by atoms with Crippen molar-refractivity contribution in [3.05, 3.63) is 115 Å². The SMILES string of the molecule is C=CCOc1ccc(C2c3c(oc4ccc(Br)cc4c3=O)C(=O)N2Cc2ccccc2Cl)cc1OCC. The molecule has 0 saturated heterocycles. The van der Waals surface area contributed by atoms with Crippen LogP contribution in [0.1, 0.15) is 40.2 Å². The Bertz CT molecular complexity index is 1580. The first-order valence-corrected chi connectivity index (χ1v) is 12.9. The van der Waals surface area contributed by atoms with Gasteiger partial charge < -0.3 is 18.8 Å². The summed E-state index contributed by atoms with van der Waals surface area (Å²) in [7, 11) is 0. The van der Waals surface area contributed by atoms with E-state index in [4.69, 9.17) is 25.5 Å². The molecule has 6 nitrogen and oxygen atoms in total. The van der Waals surface area contributed by atoms with Gasteiger partial charge in [0.15, 0.2) is 16.9 Å². The Morgan fingerprint density at radius 1 is 1.08 bits per heavy atom. The molecule has 0 spiro atoms. The fraction of sp³-hybridized carbons (Fsp3) is 0.172. The van der Waals surface area contributed by atoms with E-state index in [1.165, 1.54) is 0 Å². The molecule has 0 radical (unpaired) electrons. The molecule has 1 unspecified atom stereocenters. The minimum Gasteiger partial charge on any atom is -0.490 e. The number of carbonyl (C=O) groups is 1. The van der Waals surface area contributed by atoms with Crippen molar-refractivity contribution in [3.63, 3.8) is 0 Å². The van der Waals surface area contributed by atoms with Gasteiger partial charge in [0.25, 0.3) is 5.91 Å². The molecule has 5 rings (SSSR count). The highest BCUT2D eigenvalue weighted by molar-refractivity contribution is 9.10. The largest absolute Gasteiger partial charge is 0.490 e. The van der Waals surface area contributed by atoms with Crippen molar-refractivity contribution >= 4 is 44.4 Å². The molecule has 1 atom stereocenters. The smallest absolute Gasteiger partial charge is 0.291 e. The molecule has 1 aromatic heterocycles. The van der Waals surface area contributed by atoms with Crippen molar-refractivity contribution in [2.45, 2.75) is 19.5 Å². The van der Waals surface area contributed by atoms with Crippen molar-refractivity contribution in [1.82, 2.24) is 4.90 Å². The molecule has 0 saturated carbocycles. The quantitative estimate of drug-likeness (QED) is 0.212. The minimum atomic E-state index is -0.717. The van der Waals surface area contributed by atoms with E-state index < -0.39 is 6.04 Å². The average molecular weight is 581 g/mol. The number of hydrogen-bond acceptors (Lipinski definition) is 5. The fourth-order valence-corrected chi connectivity index (χ4v) is 5.10. The summed E-state index contributed by atoms with van der Waals surface area (Å²) in [6.45, 7) is 6.48. The predicted octanol–water partition coefficient (Wildman–Crippen LogP) is 6.92. The van der Waals surface area contributed by atoms with Crippen LogP contribution in [-0.2, 0) is 6.54 Å². The molecule has 0 aliphatic carbocycles. The molecule has 1 aliphatic rings. The third-order valence-corrected chi connectivity index (χ3v) is 7.03. The van der Waals surface area contributed by atoms with Crippen LogP contribution < -0.4 is 14.9 Å². The number of carbonyl (C=O) groups excluding carboxylic acids is 1. The van der Waals surface area contributed by atoms with Gasteiger partial charge in [-0.3, -0.25) is 9.59 Å². The van der Waals surface area contributed by atoms with Crippen LogP contribution in [0.15, 0.2) is 87.0 Å². The maximum absolute atomic E-state index is 13.8. The van der Waals surface area contributed by atoms with Gasteiger partial charge in [-0.15, -0.1) is 0 Å². The number of nitrogens with zero attached hydrogens (tertiary/aromatic N) is 1. The van der Waals surface area contributed by atoms with Gasteiger partial charge in [0.1, 0.15) is 12.2 Å². The molecule has 2 heterocycles. The maximum Gasteiger partial charge on any atom is 0.291 e. The van der Waals surface area contributed by atoms with E-state index in [0.717, 1.165) is 10.0 Å². The number of benzene rings is 3. The van der Waals surface area contributed by atoms with Crippen LogP contribution in [0.5, 0.6) is 11.5 Å². The average Bonchev–Trinajstić information content (AvgIpc) is 3.17. The van der Waals surface area contributed by atoms with E-state index in [1.54, 1.807) is 47.4 Å². The van der Waals surface area contributed by atoms with Gasteiger partial charge in [0.05, 0.1) is 23.6 Å². The van der Waals surface area contributed by atoms with Crippen LogP contribution in [0.4, 0.5) is 0 Å². The standard InChI is InChI=1S/C29H23BrClNO5/c1-3-13-36-23-11-9-17(14-24(23)35-4-2)26-25-27(33)20-15-19(30)10-12-22(20)37-28(25)29(34)32(26)16-18-7-5-6-8-21(18)31/h3,5-12,14-15,26H,1,4,13,16H2,2H3. The highest BCUT2D eigenvalue weighted by atomic mass is 79.9. The fourth-order valence-electron chi connectivity index (χ4n) is 4.54. The summed E-state index contributed by atoms with van der Waals surface area (Å²) in [5, 5.41) is 0.919. The topological polar surface area (TPSA) is 69.0 Å². The molecule has 8 heteroatoms. The molecular weight excluding hydrogens is 558 g/mol. The molecule has 0 bridgehead atoms. The van der Waals surface area contributed by atoms with Crippen molar-refractivity contribution in [1.29, 1.82) is 0 Å². The van der Waals surface area contributed by atoms with Crippen LogP contribution in [0.2, 0.25) is 5.02 Å². The molecule has 1 amide bonds. The summed E-state index contributed by atoms with van der Waals surface area (Å²) in [5.74, 6) is 0.698. The minimum absolute atomic E-state index is 0.0295. The Kier molecular flexibility index (Phi) is 7.09. The summed E-state index contributed by atoms with van der Waals surface area (Å²) >= 11 is 9.88. The van der Waals surface area contributed by atoms with Crippen molar-refractivity contribution in [2.75, 3.05) is 13.2 Å². The van der Waals surface area contributed by atoms with Gasteiger partial charge in [-0.05, 0) is 54.4 Å². The number of hydrogen-bond donors (Lipinski definition) is 0. The van der Waals surface area contributed by atoms with Crippen molar-refractivity contribution < 1.29 is 18.7 Å². The number of halogens is 2. The first kappa shape index (κ1) is 25.1. The Morgan fingerprint density at radius 3 is 2.65 bits per heavy atom. The van der Waals surface area contributed by atoms with Gasteiger partial charge in [-0.25, -0.2) is 0 Å².